The molecule has 5 rings (SSSR count). The van der Waals surface area contributed by atoms with Gasteiger partial charge >= 0.3 is 5.72 Å². The number of nitrogens with one attached hydrogen (secondary N) is 1. The molecule has 3 nitrogen and oxygen atoms in total. The first-order valence-corrected chi connectivity index (χ1v) is 7.04. The number of ether oxygens (including phenoxy) is 1. The predicted octanol–water partition coefficient (Wildman–Crippen LogP) is 3.38. The van der Waals surface area contributed by atoms with Crippen molar-refractivity contribution >= 4 is 23.2 Å². The van der Waals surface area contributed by atoms with E-state index in [-0.39, 0.29) is 0 Å². The molecule has 0 radical (unpaired) electrons. The van der Waals surface area contributed by atoms with Crippen LogP contribution in [0.2, 0.25) is 0 Å². The molecule has 1 N–H and O–H groups in total. The minimum Gasteiger partial charge on any atom is -0.424 e. The number of H-pyrrole nitrogens is 1. The molecule has 1 atom stereocenters. The number of fused-ring (bicyclic) bond motifs is 3. The summed E-state index contributed by atoms with van der Waals surface area (Å²) in [5, 5.41) is 1.19. The van der Waals surface area contributed by atoms with Gasteiger partial charge in [-0.05, 0) is 36.4 Å². The second kappa shape index (κ2) is 3.64. The van der Waals surface area contributed by atoms with E-state index in [0.717, 1.165) is 22.4 Å². The lowest BCUT2D eigenvalue weighted by Crippen LogP contribution is -2.49. The highest BCUT2D eigenvalue weighted by Crippen LogP contribution is 2.42. The summed E-state index contributed by atoms with van der Waals surface area (Å²) in [6.07, 6.45) is 18.6. The lowest BCUT2D eigenvalue weighted by molar-refractivity contribution is -0.564. The number of hydrogen-bond donors (Lipinski definition) is 1. The zero-order valence-electron chi connectivity index (χ0n) is 11.3. The molecule has 0 amide bonds. The van der Waals surface area contributed by atoms with E-state index < -0.39 is 5.72 Å². The van der Waals surface area contributed by atoms with Gasteiger partial charge in [-0.15, -0.1) is 0 Å². The largest absolute Gasteiger partial charge is 0.424 e. The number of aromatic nitrogens is 1. The molecule has 1 unspecified atom stereocenters. The molecule has 100 valence electrons. The number of benzene rings is 1. The first-order valence-electron chi connectivity index (χ1n) is 7.04. The third-order valence-electron chi connectivity index (χ3n) is 4.30. The molecule has 1 aromatic heterocycles. The SMILES string of the molecule is C1=CC2=Cc3c(ccc4[nH]ccc34)OC23C=CC=C[N+]3=C1. The summed E-state index contributed by atoms with van der Waals surface area (Å²) < 4.78 is 8.53. The third-order valence-corrected chi connectivity index (χ3v) is 4.30. The molecule has 0 saturated carbocycles. The Morgan fingerprint density at radius 1 is 1.10 bits per heavy atom. The fraction of sp³-hybridized carbons (Fsp3) is 0.0556. The zero-order chi connectivity index (χ0) is 13.9. The van der Waals surface area contributed by atoms with Gasteiger partial charge in [0.15, 0.2) is 12.4 Å². The van der Waals surface area contributed by atoms with Gasteiger partial charge in [0.2, 0.25) is 0 Å². The Kier molecular flexibility index (Phi) is 1.89. The molecule has 3 aliphatic rings. The summed E-state index contributed by atoms with van der Waals surface area (Å²) in [6.45, 7) is 0. The van der Waals surface area contributed by atoms with Gasteiger partial charge in [0.05, 0.1) is 5.57 Å². The molecule has 2 aromatic rings. The van der Waals surface area contributed by atoms with Crippen LogP contribution in [0, 0.1) is 0 Å². The van der Waals surface area contributed by atoms with Crippen molar-refractivity contribution in [2.24, 2.45) is 0 Å². The average Bonchev–Trinajstić information content (AvgIpc) is 3.00. The smallest absolute Gasteiger partial charge is 0.359 e. The van der Waals surface area contributed by atoms with Gasteiger partial charge in [-0.3, -0.25) is 0 Å². The van der Waals surface area contributed by atoms with Crippen molar-refractivity contribution in [1.82, 2.24) is 4.98 Å². The van der Waals surface area contributed by atoms with E-state index in [2.05, 4.69) is 46.0 Å². The van der Waals surface area contributed by atoms with E-state index in [4.69, 9.17) is 4.74 Å². The molecule has 3 heteroatoms. The van der Waals surface area contributed by atoms with Crippen LogP contribution in [0.1, 0.15) is 5.56 Å². The third kappa shape index (κ3) is 1.30. The molecule has 1 spiro atoms. The quantitative estimate of drug-likeness (QED) is 0.732. The molecule has 0 aliphatic carbocycles. The number of nitrogens with zero attached hydrogens (tertiary/aromatic N) is 1. The number of aromatic amines is 1. The summed E-state index contributed by atoms with van der Waals surface area (Å²) in [4.78, 5) is 3.25. The number of allylic oxidation sites excluding steroid dienone is 3. The maximum Gasteiger partial charge on any atom is 0.359 e. The molecular weight excluding hydrogens is 260 g/mol. The maximum absolute atomic E-state index is 6.43. The van der Waals surface area contributed by atoms with E-state index >= 15 is 0 Å². The Hall–Kier alpha value is -2.81. The maximum atomic E-state index is 6.43. The van der Waals surface area contributed by atoms with Gasteiger partial charge in [-0.1, -0.05) is 0 Å². The summed E-state index contributed by atoms with van der Waals surface area (Å²) in [6, 6.07) is 6.21. The van der Waals surface area contributed by atoms with E-state index in [0.29, 0.717) is 0 Å². The van der Waals surface area contributed by atoms with Crippen molar-refractivity contribution < 1.29 is 9.31 Å². The van der Waals surface area contributed by atoms with Crippen LogP contribution in [0.15, 0.2) is 66.5 Å². The monoisotopic (exact) mass is 273 g/mol. The number of rotatable bonds is 0. The van der Waals surface area contributed by atoms with Gasteiger partial charge in [0, 0.05) is 40.9 Å². The Balaban J connectivity index is 1.82. The van der Waals surface area contributed by atoms with Crippen LogP contribution in [0.3, 0.4) is 0 Å². The topological polar surface area (TPSA) is 28.0 Å². The minimum absolute atomic E-state index is 0.541. The van der Waals surface area contributed by atoms with Crippen molar-refractivity contribution in [1.29, 1.82) is 0 Å². The Labute approximate surface area is 121 Å². The van der Waals surface area contributed by atoms with E-state index in [1.807, 2.05) is 36.8 Å². The van der Waals surface area contributed by atoms with Crippen molar-refractivity contribution in [3.63, 3.8) is 0 Å². The average molecular weight is 273 g/mol. The fourth-order valence-corrected chi connectivity index (χ4v) is 3.28. The van der Waals surface area contributed by atoms with Gasteiger partial charge in [0.25, 0.3) is 0 Å². The Morgan fingerprint density at radius 3 is 3.10 bits per heavy atom. The van der Waals surface area contributed by atoms with Gasteiger partial charge < -0.3 is 9.72 Å². The molecular formula is C18H13N2O+. The van der Waals surface area contributed by atoms with Crippen molar-refractivity contribution in [3.05, 3.63) is 72.1 Å². The first-order chi connectivity index (χ1) is 10.4. The summed E-state index contributed by atoms with van der Waals surface area (Å²) in [7, 11) is 0. The zero-order valence-corrected chi connectivity index (χ0v) is 11.3. The summed E-state index contributed by atoms with van der Waals surface area (Å²) in [5.74, 6) is 0.916. The second-order valence-corrected chi connectivity index (χ2v) is 5.43. The van der Waals surface area contributed by atoms with Crippen LogP contribution in [0.25, 0.3) is 17.0 Å². The van der Waals surface area contributed by atoms with Crippen LogP contribution in [0.5, 0.6) is 5.75 Å². The fourth-order valence-electron chi connectivity index (χ4n) is 3.28. The van der Waals surface area contributed by atoms with E-state index in [9.17, 15) is 0 Å². The van der Waals surface area contributed by atoms with Crippen molar-refractivity contribution in [2.45, 2.75) is 5.72 Å². The van der Waals surface area contributed by atoms with Gasteiger partial charge in [0.1, 0.15) is 5.75 Å². The minimum atomic E-state index is -0.541. The summed E-state index contributed by atoms with van der Waals surface area (Å²) >= 11 is 0. The Morgan fingerprint density at radius 2 is 2.10 bits per heavy atom. The summed E-state index contributed by atoms with van der Waals surface area (Å²) in [5.41, 5.74) is 2.88. The highest BCUT2D eigenvalue weighted by Gasteiger charge is 2.48. The molecule has 0 bridgehead atoms. The second-order valence-electron chi connectivity index (χ2n) is 5.43. The molecule has 4 heterocycles. The van der Waals surface area contributed by atoms with Crippen LogP contribution in [-0.4, -0.2) is 21.5 Å². The van der Waals surface area contributed by atoms with Crippen molar-refractivity contribution in [2.75, 3.05) is 0 Å². The van der Waals surface area contributed by atoms with Crippen LogP contribution in [-0.2, 0) is 0 Å². The number of hydrogen-bond acceptors (Lipinski definition) is 1. The highest BCUT2D eigenvalue weighted by molar-refractivity contribution is 5.93. The lowest BCUT2D eigenvalue weighted by Gasteiger charge is -2.34. The Bertz CT molecular complexity index is 924. The van der Waals surface area contributed by atoms with E-state index in [1.165, 1.54) is 5.39 Å². The molecule has 3 aliphatic heterocycles. The molecule has 0 fully saturated rings. The van der Waals surface area contributed by atoms with Crippen LogP contribution in [0.4, 0.5) is 0 Å². The first kappa shape index (κ1) is 10.9. The normalized spacial score (nSPS) is 24.8. The van der Waals surface area contributed by atoms with Gasteiger partial charge in [-0.25, -0.2) is 0 Å². The molecule has 1 aromatic carbocycles. The predicted molar refractivity (Wildman–Crippen MR) is 83.4 cm³/mol. The van der Waals surface area contributed by atoms with Crippen LogP contribution < -0.4 is 4.74 Å². The highest BCUT2D eigenvalue weighted by atomic mass is 16.5. The molecule has 0 saturated heterocycles. The molecule has 21 heavy (non-hydrogen) atoms. The van der Waals surface area contributed by atoms with Crippen LogP contribution >= 0.6 is 0 Å². The standard InChI is InChI=1S/C18H12N2O/c1-2-10-20-11-3-4-13-12-15-14-7-9-19-16(14)5-6-17(15)21-18(13,20)8-1/h1-12H/p+1. The van der Waals surface area contributed by atoms with E-state index in [1.54, 1.807) is 0 Å². The van der Waals surface area contributed by atoms with Crippen molar-refractivity contribution in [3.8, 4) is 5.75 Å². The van der Waals surface area contributed by atoms with Gasteiger partial charge in [-0.2, -0.15) is 4.58 Å². The lowest BCUT2D eigenvalue weighted by atomic mass is 9.91.